The van der Waals surface area contributed by atoms with E-state index in [4.69, 9.17) is 9.47 Å². The first-order valence-corrected chi connectivity index (χ1v) is 8.81. The highest BCUT2D eigenvalue weighted by Gasteiger charge is 2.36. The molecule has 142 valence electrons. The van der Waals surface area contributed by atoms with Crippen molar-refractivity contribution < 1.29 is 19.1 Å². The Morgan fingerprint density at radius 3 is 2.70 bits per heavy atom. The molecule has 1 aliphatic rings. The number of methoxy groups -OCH3 is 2. The molecule has 2 heterocycles. The number of pyridine rings is 1. The Balaban J connectivity index is 1.60. The van der Waals surface area contributed by atoms with Crippen LogP contribution in [0.3, 0.4) is 0 Å². The minimum atomic E-state index is -0.373. The number of carbonyl (C=O) groups excluding carboxylic acids is 2. The van der Waals surface area contributed by atoms with Crippen LogP contribution in [-0.2, 0) is 16.0 Å². The number of hydrogen-bond donors (Lipinski definition) is 1. The Morgan fingerprint density at radius 2 is 2.00 bits per heavy atom. The topological polar surface area (TPSA) is 80.8 Å². The fraction of sp³-hybridized carbons (Fsp3) is 0.350. The molecule has 0 radical (unpaired) electrons. The van der Waals surface area contributed by atoms with Crippen LogP contribution in [0, 0.1) is 5.92 Å². The van der Waals surface area contributed by atoms with Crippen LogP contribution in [0.25, 0.3) is 0 Å². The maximum absolute atomic E-state index is 12.5. The van der Waals surface area contributed by atoms with E-state index < -0.39 is 0 Å². The summed E-state index contributed by atoms with van der Waals surface area (Å²) in [6.45, 7) is 0.863. The quantitative estimate of drug-likeness (QED) is 0.805. The first-order chi connectivity index (χ1) is 13.1. The first-order valence-electron chi connectivity index (χ1n) is 8.81. The molecule has 27 heavy (non-hydrogen) atoms. The van der Waals surface area contributed by atoms with E-state index in [2.05, 4.69) is 10.3 Å². The van der Waals surface area contributed by atoms with Gasteiger partial charge in [0.05, 0.1) is 25.8 Å². The number of amides is 2. The molecule has 7 nitrogen and oxygen atoms in total. The van der Waals surface area contributed by atoms with Gasteiger partial charge in [-0.25, -0.2) is 0 Å². The number of benzene rings is 1. The maximum atomic E-state index is 12.5. The van der Waals surface area contributed by atoms with E-state index in [9.17, 15) is 9.59 Å². The molecule has 2 amide bonds. The zero-order valence-corrected chi connectivity index (χ0v) is 15.5. The number of rotatable bonds is 7. The van der Waals surface area contributed by atoms with Gasteiger partial charge in [-0.2, -0.15) is 0 Å². The molecule has 2 aromatic rings. The molecule has 1 aromatic heterocycles. The summed E-state index contributed by atoms with van der Waals surface area (Å²) in [6.07, 6.45) is 4.38. The standard InChI is InChI=1S/C20H23N3O4/c1-26-16-3-4-17(18(12-16)27-2)23-13-15(11-19(23)24)20(25)22-10-7-14-5-8-21-9-6-14/h3-6,8-9,12,15H,7,10-11,13H2,1-2H3,(H,22,25). The minimum Gasteiger partial charge on any atom is -0.497 e. The Hall–Kier alpha value is -3.09. The number of nitrogens with zero attached hydrogens (tertiary/aromatic N) is 2. The van der Waals surface area contributed by atoms with Gasteiger partial charge in [-0.3, -0.25) is 14.6 Å². The summed E-state index contributed by atoms with van der Waals surface area (Å²) in [5.74, 6) is 0.621. The summed E-state index contributed by atoms with van der Waals surface area (Å²) in [7, 11) is 3.11. The molecule has 1 aliphatic heterocycles. The number of nitrogens with one attached hydrogen (secondary N) is 1. The van der Waals surface area contributed by atoms with Crippen LogP contribution in [0.2, 0.25) is 0 Å². The predicted molar refractivity (Wildman–Crippen MR) is 101 cm³/mol. The molecule has 0 aliphatic carbocycles. The van der Waals surface area contributed by atoms with Gasteiger partial charge in [-0.05, 0) is 36.2 Å². The van der Waals surface area contributed by atoms with Gasteiger partial charge in [-0.15, -0.1) is 0 Å². The molecule has 1 fully saturated rings. The van der Waals surface area contributed by atoms with Crippen molar-refractivity contribution in [2.24, 2.45) is 5.92 Å². The molecule has 1 aromatic carbocycles. The Labute approximate surface area is 158 Å². The summed E-state index contributed by atoms with van der Waals surface area (Å²) >= 11 is 0. The Kier molecular flexibility index (Phi) is 5.90. The van der Waals surface area contributed by atoms with Crippen LogP contribution < -0.4 is 19.7 Å². The number of anilines is 1. The van der Waals surface area contributed by atoms with E-state index in [1.54, 1.807) is 49.7 Å². The first kappa shape index (κ1) is 18.7. The molecule has 0 bridgehead atoms. The van der Waals surface area contributed by atoms with Crippen LogP contribution in [0.4, 0.5) is 5.69 Å². The number of carbonyl (C=O) groups is 2. The third-order valence-electron chi connectivity index (χ3n) is 4.64. The summed E-state index contributed by atoms with van der Waals surface area (Å²) in [4.78, 5) is 30.5. The second kappa shape index (κ2) is 8.53. The fourth-order valence-electron chi connectivity index (χ4n) is 3.15. The van der Waals surface area contributed by atoms with Gasteiger partial charge >= 0.3 is 0 Å². The average molecular weight is 369 g/mol. The highest BCUT2D eigenvalue weighted by Crippen LogP contribution is 2.35. The van der Waals surface area contributed by atoms with E-state index in [1.807, 2.05) is 12.1 Å². The van der Waals surface area contributed by atoms with Crippen LogP contribution in [0.1, 0.15) is 12.0 Å². The van der Waals surface area contributed by atoms with Crippen molar-refractivity contribution in [1.82, 2.24) is 10.3 Å². The van der Waals surface area contributed by atoms with E-state index >= 15 is 0 Å². The number of hydrogen-bond acceptors (Lipinski definition) is 5. The highest BCUT2D eigenvalue weighted by atomic mass is 16.5. The highest BCUT2D eigenvalue weighted by molar-refractivity contribution is 6.01. The van der Waals surface area contributed by atoms with Crippen LogP contribution in [0.15, 0.2) is 42.7 Å². The van der Waals surface area contributed by atoms with E-state index in [0.29, 0.717) is 30.3 Å². The number of aromatic nitrogens is 1. The third-order valence-corrected chi connectivity index (χ3v) is 4.64. The summed E-state index contributed by atoms with van der Waals surface area (Å²) in [5, 5.41) is 2.92. The van der Waals surface area contributed by atoms with E-state index in [-0.39, 0.29) is 24.2 Å². The summed E-state index contributed by atoms with van der Waals surface area (Å²) in [6, 6.07) is 9.11. The van der Waals surface area contributed by atoms with Crippen molar-refractivity contribution >= 4 is 17.5 Å². The molecule has 0 spiro atoms. The number of ether oxygens (including phenoxy) is 2. The summed E-state index contributed by atoms with van der Waals surface area (Å²) in [5.41, 5.74) is 1.76. The SMILES string of the molecule is COc1ccc(N2CC(C(=O)NCCc3ccncc3)CC2=O)c(OC)c1. The lowest BCUT2D eigenvalue weighted by molar-refractivity contribution is -0.126. The van der Waals surface area contributed by atoms with Gasteiger partial charge in [0.2, 0.25) is 11.8 Å². The molecule has 0 saturated carbocycles. The zero-order chi connectivity index (χ0) is 19.2. The second-order valence-electron chi connectivity index (χ2n) is 6.34. The molecule has 1 unspecified atom stereocenters. The molecular weight excluding hydrogens is 346 g/mol. The Morgan fingerprint density at radius 1 is 1.22 bits per heavy atom. The van der Waals surface area contributed by atoms with Crippen molar-refractivity contribution in [2.75, 3.05) is 32.2 Å². The van der Waals surface area contributed by atoms with Gasteiger partial charge in [0, 0.05) is 38.0 Å². The van der Waals surface area contributed by atoms with Crippen molar-refractivity contribution in [3.05, 3.63) is 48.3 Å². The van der Waals surface area contributed by atoms with E-state index in [1.165, 1.54) is 0 Å². The Bertz CT molecular complexity index is 810. The molecule has 7 heteroatoms. The maximum Gasteiger partial charge on any atom is 0.227 e. The van der Waals surface area contributed by atoms with Crippen LogP contribution in [-0.4, -0.2) is 44.1 Å². The van der Waals surface area contributed by atoms with Crippen molar-refractivity contribution in [3.8, 4) is 11.5 Å². The minimum absolute atomic E-state index is 0.0900. The third kappa shape index (κ3) is 4.36. The predicted octanol–water partition coefficient (Wildman–Crippen LogP) is 1.81. The van der Waals surface area contributed by atoms with Gasteiger partial charge < -0.3 is 19.7 Å². The average Bonchev–Trinajstić information content (AvgIpc) is 3.09. The van der Waals surface area contributed by atoms with Crippen molar-refractivity contribution in [1.29, 1.82) is 0 Å². The van der Waals surface area contributed by atoms with Crippen molar-refractivity contribution in [3.63, 3.8) is 0 Å². The van der Waals surface area contributed by atoms with Gasteiger partial charge in [0.25, 0.3) is 0 Å². The van der Waals surface area contributed by atoms with Crippen LogP contribution in [0.5, 0.6) is 11.5 Å². The molecule has 1 saturated heterocycles. The normalized spacial score (nSPS) is 16.3. The smallest absolute Gasteiger partial charge is 0.227 e. The van der Waals surface area contributed by atoms with Gasteiger partial charge in [-0.1, -0.05) is 0 Å². The molecule has 3 rings (SSSR count). The zero-order valence-electron chi connectivity index (χ0n) is 15.5. The monoisotopic (exact) mass is 369 g/mol. The second-order valence-corrected chi connectivity index (χ2v) is 6.34. The van der Waals surface area contributed by atoms with E-state index in [0.717, 1.165) is 12.0 Å². The summed E-state index contributed by atoms with van der Waals surface area (Å²) < 4.78 is 10.6. The van der Waals surface area contributed by atoms with Crippen LogP contribution >= 0.6 is 0 Å². The lowest BCUT2D eigenvalue weighted by Crippen LogP contribution is -2.34. The van der Waals surface area contributed by atoms with Gasteiger partial charge in [0.15, 0.2) is 0 Å². The lowest BCUT2D eigenvalue weighted by Gasteiger charge is -2.20. The lowest BCUT2D eigenvalue weighted by atomic mass is 10.1. The molecule has 1 N–H and O–H groups in total. The molecule has 1 atom stereocenters. The van der Waals surface area contributed by atoms with Crippen molar-refractivity contribution in [2.45, 2.75) is 12.8 Å². The largest absolute Gasteiger partial charge is 0.497 e. The van der Waals surface area contributed by atoms with Gasteiger partial charge in [0.1, 0.15) is 11.5 Å². The molecular formula is C20H23N3O4. The fourth-order valence-corrected chi connectivity index (χ4v) is 3.15.